The standard InChI is InChI=1S/C23H18N2O/c24-12-5-13-25-23-20-9-2-1-8-19(20)22-18(10-4-11-21(22)23)17-7-3-6-16(14-17)15-26/h1-4,6-11,14,26H,5,13,15H2. The molecule has 126 valence electrons. The van der Waals surface area contributed by atoms with E-state index in [-0.39, 0.29) is 6.61 Å². The highest BCUT2D eigenvalue weighted by atomic mass is 16.3. The Morgan fingerprint density at radius 1 is 0.846 bits per heavy atom. The Bertz CT molecular complexity index is 1040. The molecule has 1 aliphatic carbocycles. The van der Waals surface area contributed by atoms with E-state index in [0.29, 0.717) is 13.0 Å². The minimum Gasteiger partial charge on any atom is -0.392 e. The minimum absolute atomic E-state index is 0.0281. The molecule has 1 aliphatic rings. The summed E-state index contributed by atoms with van der Waals surface area (Å²) in [5.74, 6) is 0. The average molecular weight is 338 g/mol. The first-order valence-corrected chi connectivity index (χ1v) is 8.68. The zero-order chi connectivity index (χ0) is 17.9. The van der Waals surface area contributed by atoms with Crippen LogP contribution >= 0.6 is 0 Å². The third-order valence-corrected chi connectivity index (χ3v) is 4.69. The van der Waals surface area contributed by atoms with Crippen LogP contribution in [-0.4, -0.2) is 17.4 Å². The molecule has 0 saturated carbocycles. The van der Waals surface area contributed by atoms with Gasteiger partial charge in [0.25, 0.3) is 0 Å². The Morgan fingerprint density at radius 2 is 1.58 bits per heavy atom. The second-order valence-corrected chi connectivity index (χ2v) is 6.27. The molecule has 0 aromatic heterocycles. The largest absolute Gasteiger partial charge is 0.392 e. The third kappa shape index (κ3) is 2.71. The number of benzene rings is 3. The highest BCUT2D eigenvalue weighted by molar-refractivity contribution is 6.26. The number of hydrogen-bond acceptors (Lipinski definition) is 3. The molecule has 0 fully saturated rings. The summed E-state index contributed by atoms with van der Waals surface area (Å²) in [6.07, 6.45) is 0.416. The molecule has 3 nitrogen and oxygen atoms in total. The van der Waals surface area contributed by atoms with E-state index in [9.17, 15) is 5.11 Å². The summed E-state index contributed by atoms with van der Waals surface area (Å²) in [6, 6.07) is 24.7. The molecule has 3 aromatic carbocycles. The van der Waals surface area contributed by atoms with Crippen molar-refractivity contribution < 1.29 is 5.11 Å². The Balaban J connectivity index is 1.93. The van der Waals surface area contributed by atoms with E-state index >= 15 is 0 Å². The molecular weight excluding hydrogens is 320 g/mol. The molecule has 3 heteroatoms. The maximum atomic E-state index is 9.48. The molecular formula is C23H18N2O. The fourth-order valence-electron chi connectivity index (χ4n) is 3.56. The van der Waals surface area contributed by atoms with E-state index in [1.165, 1.54) is 11.1 Å². The van der Waals surface area contributed by atoms with Crippen molar-refractivity contribution in [2.75, 3.05) is 6.54 Å². The van der Waals surface area contributed by atoms with Gasteiger partial charge >= 0.3 is 0 Å². The zero-order valence-corrected chi connectivity index (χ0v) is 14.3. The molecule has 0 spiro atoms. The van der Waals surface area contributed by atoms with Gasteiger partial charge in [0.1, 0.15) is 0 Å². The van der Waals surface area contributed by atoms with E-state index in [2.05, 4.69) is 36.4 Å². The van der Waals surface area contributed by atoms with Crippen LogP contribution in [0.1, 0.15) is 23.1 Å². The van der Waals surface area contributed by atoms with Crippen LogP contribution in [0.2, 0.25) is 0 Å². The zero-order valence-electron chi connectivity index (χ0n) is 14.3. The predicted molar refractivity (Wildman–Crippen MR) is 104 cm³/mol. The lowest BCUT2D eigenvalue weighted by Crippen LogP contribution is -1.99. The van der Waals surface area contributed by atoms with Gasteiger partial charge in [0.05, 0.1) is 31.4 Å². The number of aliphatic hydroxyl groups is 1. The number of nitriles is 1. The normalized spacial score (nSPS) is 13.3. The van der Waals surface area contributed by atoms with Crippen LogP contribution in [0.15, 0.2) is 71.7 Å². The number of nitrogens with zero attached hydrogens (tertiary/aromatic N) is 2. The molecule has 0 atom stereocenters. The topological polar surface area (TPSA) is 56.4 Å². The first kappa shape index (κ1) is 16.3. The van der Waals surface area contributed by atoms with Crippen molar-refractivity contribution in [2.24, 2.45) is 4.99 Å². The van der Waals surface area contributed by atoms with E-state index < -0.39 is 0 Å². The molecule has 0 bridgehead atoms. The summed E-state index contributed by atoms with van der Waals surface area (Å²) in [4.78, 5) is 4.72. The number of aliphatic hydroxyl groups excluding tert-OH is 1. The average Bonchev–Trinajstić information content (AvgIpc) is 3.02. The quantitative estimate of drug-likeness (QED) is 0.554. The first-order chi connectivity index (χ1) is 12.8. The molecule has 3 aromatic rings. The van der Waals surface area contributed by atoms with Crippen LogP contribution in [-0.2, 0) is 6.61 Å². The van der Waals surface area contributed by atoms with Crippen molar-refractivity contribution in [3.05, 3.63) is 83.4 Å². The van der Waals surface area contributed by atoms with Gasteiger partial charge in [-0.3, -0.25) is 4.99 Å². The van der Waals surface area contributed by atoms with E-state index in [1.807, 2.05) is 36.4 Å². The van der Waals surface area contributed by atoms with Crippen molar-refractivity contribution in [2.45, 2.75) is 13.0 Å². The second-order valence-electron chi connectivity index (χ2n) is 6.27. The summed E-state index contributed by atoms with van der Waals surface area (Å²) in [5.41, 5.74) is 8.65. The molecule has 0 aliphatic heterocycles. The third-order valence-electron chi connectivity index (χ3n) is 4.69. The SMILES string of the molecule is N#CCCN=C1c2ccccc2-c2c1cccc2-c1cccc(CO)c1. The van der Waals surface area contributed by atoms with Crippen molar-refractivity contribution in [3.63, 3.8) is 0 Å². The second kappa shape index (κ2) is 6.95. The van der Waals surface area contributed by atoms with E-state index in [0.717, 1.165) is 33.5 Å². The van der Waals surface area contributed by atoms with Gasteiger partial charge in [-0.2, -0.15) is 5.26 Å². The Kier molecular flexibility index (Phi) is 4.35. The molecule has 0 unspecified atom stereocenters. The van der Waals surface area contributed by atoms with E-state index in [1.54, 1.807) is 0 Å². The number of hydrogen-bond donors (Lipinski definition) is 1. The Hall–Kier alpha value is -3.22. The first-order valence-electron chi connectivity index (χ1n) is 8.68. The van der Waals surface area contributed by atoms with Crippen LogP contribution in [0.5, 0.6) is 0 Å². The predicted octanol–water partition coefficient (Wildman–Crippen LogP) is 4.58. The molecule has 0 radical (unpaired) electrons. The highest BCUT2D eigenvalue weighted by Crippen LogP contribution is 2.43. The van der Waals surface area contributed by atoms with Crippen LogP contribution < -0.4 is 0 Å². The van der Waals surface area contributed by atoms with Crippen LogP contribution in [0, 0.1) is 11.3 Å². The van der Waals surface area contributed by atoms with Gasteiger partial charge in [0.2, 0.25) is 0 Å². The lowest BCUT2D eigenvalue weighted by atomic mass is 9.93. The van der Waals surface area contributed by atoms with Crippen LogP contribution in [0.25, 0.3) is 22.3 Å². The summed E-state index contributed by atoms with van der Waals surface area (Å²) < 4.78 is 0. The molecule has 0 amide bonds. The lowest BCUT2D eigenvalue weighted by molar-refractivity contribution is 0.282. The monoisotopic (exact) mass is 338 g/mol. The van der Waals surface area contributed by atoms with Gasteiger partial charge in [-0.15, -0.1) is 0 Å². The molecule has 26 heavy (non-hydrogen) atoms. The fraction of sp³-hybridized carbons (Fsp3) is 0.130. The maximum absolute atomic E-state index is 9.48. The summed E-state index contributed by atoms with van der Waals surface area (Å²) in [5, 5.41) is 18.3. The molecule has 0 heterocycles. The number of fused-ring (bicyclic) bond motifs is 3. The minimum atomic E-state index is 0.0281. The van der Waals surface area contributed by atoms with Gasteiger partial charge in [-0.05, 0) is 33.9 Å². The summed E-state index contributed by atoms with van der Waals surface area (Å²) in [7, 11) is 0. The van der Waals surface area contributed by atoms with Crippen molar-refractivity contribution >= 4 is 5.71 Å². The van der Waals surface area contributed by atoms with Crippen molar-refractivity contribution in [3.8, 4) is 28.3 Å². The van der Waals surface area contributed by atoms with Gasteiger partial charge in [-0.25, -0.2) is 0 Å². The number of rotatable bonds is 4. The number of aliphatic imine (C=N–C) groups is 1. The highest BCUT2D eigenvalue weighted by Gasteiger charge is 2.26. The fourth-order valence-corrected chi connectivity index (χ4v) is 3.56. The van der Waals surface area contributed by atoms with Crippen molar-refractivity contribution in [1.29, 1.82) is 5.26 Å². The Morgan fingerprint density at radius 3 is 2.38 bits per heavy atom. The summed E-state index contributed by atoms with van der Waals surface area (Å²) >= 11 is 0. The van der Waals surface area contributed by atoms with Gasteiger partial charge in [-0.1, -0.05) is 60.7 Å². The molecule has 4 rings (SSSR count). The summed E-state index contributed by atoms with van der Waals surface area (Å²) in [6.45, 7) is 0.532. The van der Waals surface area contributed by atoms with Gasteiger partial charge < -0.3 is 5.11 Å². The molecule has 0 saturated heterocycles. The smallest absolute Gasteiger partial charge is 0.0732 e. The van der Waals surface area contributed by atoms with E-state index in [4.69, 9.17) is 10.3 Å². The van der Waals surface area contributed by atoms with Gasteiger partial charge in [0, 0.05) is 11.1 Å². The van der Waals surface area contributed by atoms with Crippen molar-refractivity contribution in [1.82, 2.24) is 0 Å². The van der Waals surface area contributed by atoms with Crippen LogP contribution in [0.3, 0.4) is 0 Å². The Labute approximate surface area is 152 Å². The van der Waals surface area contributed by atoms with Crippen LogP contribution in [0.4, 0.5) is 0 Å². The lowest BCUT2D eigenvalue weighted by Gasteiger charge is -2.10. The van der Waals surface area contributed by atoms with Gasteiger partial charge in [0.15, 0.2) is 0 Å². The molecule has 1 N–H and O–H groups in total. The maximum Gasteiger partial charge on any atom is 0.0732 e.